The number of carboxylic acid groups (broad SMARTS) is 1. The second-order valence-corrected chi connectivity index (χ2v) is 7.64. The molecule has 0 aliphatic carbocycles. The van der Waals surface area contributed by atoms with E-state index >= 15 is 0 Å². The zero-order chi connectivity index (χ0) is 26.6. The van der Waals surface area contributed by atoms with Gasteiger partial charge in [-0.25, -0.2) is 9.59 Å². The molecule has 0 bridgehead atoms. The Bertz CT molecular complexity index is 1010. The van der Waals surface area contributed by atoms with Crippen LogP contribution in [-0.4, -0.2) is 49.2 Å². The van der Waals surface area contributed by atoms with Crippen molar-refractivity contribution in [1.29, 1.82) is 0 Å². The van der Waals surface area contributed by atoms with Crippen molar-refractivity contribution in [2.75, 3.05) is 14.2 Å². The number of phenolic OH excluding ortho intramolecular Hbond substituents is 1. The number of carboxylic acids is 1. The zero-order valence-corrected chi connectivity index (χ0v) is 23.9. The molecule has 0 saturated carbocycles. The molecule has 2 aromatic carbocycles. The van der Waals surface area contributed by atoms with Gasteiger partial charge in [0.25, 0.3) is 0 Å². The quantitative estimate of drug-likeness (QED) is 0.220. The van der Waals surface area contributed by atoms with Crippen LogP contribution in [-0.2, 0) is 14.3 Å². The number of ether oxygens (including phenoxy) is 3. The zero-order valence-electron chi connectivity index (χ0n) is 18.0. The van der Waals surface area contributed by atoms with E-state index < -0.39 is 29.9 Å². The molecule has 2 aromatic rings. The van der Waals surface area contributed by atoms with Crippen molar-refractivity contribution in [2.24, 2.45) is 0 Å². The molecule has 0 radical (unpaired) electrons. The minimum Gasteiger partial charge on any atom is -0.543 e. The smallest absolute Gasteiger partial charge is 0.543 e. The average molecular weight is 665 g/mol. The Morgan fingerprint density at radius 3 is 1.71 bits per heavy atom. The Morgan fingerprint density at radius 2 is 1.37 bits per heavy atom. The van der Waals surface area contributed by atoms with E-state index in [9.17, 15) is 32.3 Å². The van der Waals surface area contributed by atoms with Gasteiger partial charge in [0.05, 0.1) is 34.3 Å². The molecule has 0 fully saturated rings. The van der Waals surface area contributed by atoms with Crippen molar-refractivity contribution in [3.63, 3.8) is 0 Å². The molecule has 0 heterocycles. The standard InChI is InChI=1S/C9H7BrF2O3.C8H7BrO3.C2HClF2O2.Na/c1-14-8(13)5-2-3-6(10)7(4-5)15-9(11)12;1-12-8(11)5-2-3-6(9)7(10)4-5;3-2(4,5)1(6)7;/h2-4,9H,1H3;2-4,10H,1H3;(H,6,7);/q;;;+1/p-1. The molecule has 2 rings (SSSR count). The first kappa shape index (κ1) is 35.6. The summed E-state index contributed by atoms with van der Waals surface area (Å²) in [4.78, 5) is 31.0. The minimum absolute atomic E-state index is 0. The number of esters is 2. The fourth-order valence-electron chi connectivity index (χ4n) is 1.69. The summed E-state index contributed by atoms with van der Waals surface area (Å²) in [6, 6.07) is 8.55. The number of methoxy groups -OCH3 is 2. The number of carbonyl (C=O) groups excluding carboxylic acids is 3. The molecule has 0 spiro atoms. The van der Waals surface area contributed by atoms with Crippen molar-refractivity contribution in [3.8, 4) is 11.5 Å². The topological polar surface area (TPSA) is 122 Å². The SMILES string of the molecule is COC(=O)c1ccc(Br)c(O)c1.COC(=O)c1ccc(Br)c(OC(F)F)c1.O=C([O-])C(F)(F)Cl.[Na+]. The van der Waals surface area contributed by atoms with Gasteiger partial charge in [0.1, 0.15) is 17.5 Å². The van der Waals surface area contributed by atoms with Gasteiger partial charge in [0.2, 0.25) is 0 Å². The van der Waals surface area contributed by atoms with Crippen molar-refractivity contribution in [2.45, 2.75) is 12.0 Å². The van der Waals surface area contributed by atoms with Gasteiger partial charge >= 0.3 is 53.5 Å². The minimum atomic E-state index is -4.22. The van der Waals surface area contributed by atoms with Crippen LogP contribution < -0.4 is 39.4 Å². The Labute approximate surface area is 240 Å². The third-order valence-electron chi connectivity index (χ3n) is 3.17. The first-order valence-corrected chi connectivity index (χ1v) is 10.3. The summed E-state index contributed by atoms with van der Waals surface area (Å²) >= 11 is 9.99. The van der Waals surface area contributed by atoms with Crippen molar-refractivity contribution >= 4 is 61.4 Å². The van der Waals surface area contributed by atoms with Gasteiger partial charge in [-0.2, -0.15) is 17.6 Å². The van der Waals surface area contributed by atoms with Crippen LogP contribution in [0, 0.1) is 0 Å². The molecule has 0 unspecified atom stereocenters. The number of carbonyl (C=O) groups is 3. The van der Waals surface area contributed by atoms with E-state index in [1.54, 1.807) is 12.1 Å². The largest absolute Gasteiger partial charge is 1.00 e. The second-order valence-electron chi connectivity index (χ2n) is 5.46. The maximum Gasteiger partial charge on any atom is 1.00 e. The first-order valence-electron chi connectivity index (χ1n) is 8.31. The molecule has 16 heteroatoms. The Morgan fingerprint density at radius 1 is 0.971 bits per heavy atom. The summed E-state index contributed by atoms with van der Waals surface area (Å²) in [6.45, 7) is -2.94. The molecule has 0 aliphatic rings. The molecule has 8 nitrogen and oxygen atoms in total. The molecule has 0 aromatic heterocycles. The molecule has 0 atom stereocenters. The molecule has 0 aliphatic heterocycles. The van der Waals surface area contributed by atoms with E-state index in [-0.39, 0.29) is 46.6 Å². The van der Waals surface area contributed by atoms with Gasteiger partial charge in [-0.1, -0.05) is 0 Å². The van der Waals surface area contributed by atoms with Gasteiger partial charge in [0, 0.05) is 0 Å². The Balaban J connectivity index is 0. The summed E-state index contributed by atoms with van der Waals surface area (Å²) < 4.78 is 59.8. The van der Waals surface area contributed by atoms with Crippen LogP contribution in [0.5, 0.6) is 11.5 Å². The number of rotatable bonds is 5. The van der Waals surface area contributed by atoms with Crippen molar-refractivity contribution in [3.05, 3.63) is 56.5 Å². The molecular formula is C19H14Br2ClF4NaO8. The van der Waals surface area contributed by atoms with Crippen LogP contribution in [0.2, 0.25) is 0 Å². The fourth-order valence-corrected chi connectivity index (χ4v) is 2.28. The van der Waals surface area contributed by atoms with Crippen LogP contribution >= 0.6 is 43.5 Å². The van der Waals surface area contributed by atoms with E-state index in [1.807, 2.05) is 0 Å². The van der Waals surface area contributed by atoms with Crippen LogP contribution in [0.25, 0.3) is 0 Å². The monoisotopic (exact) mass is 662 g/mol. The summed E-state index contributed by atoms with van der Waals surface area (Å²) in [5, 5.41) is 14.0. The first-order chi connectivity index (χ1) is 15.6. The average Bonchev–Trinajstić information content (AvgIpc) is 2.76. The summed E-state index contributed by atoms with van der Waals surface area (Å²) in [5.74, 6) is -3.72. The third-order valence-corrected chi connectivity index (χ3v) is 4.65. The fraction of sp³-hybridized carbons (Fsp3) is 0.211. The van der Waals surface area contributed by atoms with Crippen LogP contribution in [0.15, 0.2) is 45.3 Å². The van der Waals surface area contributed by atoms with E-state index in [4.69, 9.17) is 9.90 Å². The Kier molecular flexibility index (Phi) is 17.3. The normalized spacial score (nSPS) is 9.89. The molecule has 0 saturated heterocycles. The van der Waals surface area contributed by atoms with Gasteiger partial charge in [-0.05, 0) is 79.9 Å². The van der Waals surface area contributed by atoms with Crippen LogP contribution in [0.1, 0.15) is 20.7 Å². The Hall–Kier alpha value is -1.58. The maximum absolute atomic E-state index is 12.0. The van der Waals surface area contributed by atoms with Gasteiger partial charge in [-0.15, -0.1) is 0 Å². The van der Waals surface area contributed by atoms with E-state index in [0.717, 1.165) is 0 Å². The van der Waals surface area contributed by atoms with E-state index in [0.29, 0.717) is 14.5 Å². The van der Waals surface area contributed by atoms with E-state index in [1.165, 1.54) is 38.5 Å². The summed E-state index contributed by atoms with van der Waals surface area (Å²) in [6.07, 6.45) is 0. The third kappa shape index (κ3) is 13.9. The second kappa shape index (κ2) is 17.0. The van der Waals surface area contributed by atoms with Gasteiger partial charge < -0.3 is 29.2 Å². The number of hydrogen-bond donors (Lipinski definition) is 1. The number of benzene rings is 2. The molecule has 35 heavy (non-hydrogen) atoms. The summed E-state index contributed by atoms with van der Waals surface area (Å²) in [5.41, 5.74) is 0.481. The predicted molar refractivity (Wildman–Crippen MR) is 115 cm³/mol. The van der Waals surface area contributed by atoms with Crippen LogP contribution in [0.3, 0.4) is 0 Å². The summed E-state index contributed by atoms with van der Waals surface area (Å²) in [7, 11) is 2.50. The molecule has 188 valence electrons. The van der Waals surface area contributed by atoms with Crippen molar-refractivity contribution < 1.29 is 85.9 Å². The molecular weight excluding hydrogens is 650 g/mol. The predicted octanol–water partition coefficient (Wildman–Crippen LogP) is 1.35. The number of alkyl halides is 5. The number of halogens is 7. The number of phenols is 1. The molecule has 0 amide bonds. The van der Waals surface area contributed by atoms with Gasteiger partial charge in [0.15, 0.2) is 0 Å². The van der Waals surface area contributed by atoms with E-state index in [2.05, 4.69) is 57.7 Å². The van der Waals surface area contributed by atoms with Crippen LogP contribution in [0.4, 0.5) is 17.6 Å². The molecule has 1 N–H and O–H groups in total. The number of aliphatic carboxylic acids is 1. The number of aromatic hydroxyl groups is 1. The number of hydrogen-bond acceptors (Lipinski definition) is 8. The maximum atomic E-state index is 12.0. The van der Waals surface area contributed by atoms with Gasteiger partial charge in [-0.3, -0.25) is 0 Å². The van der Waals surface area contributed by atoms with Crippen molar-refractivity contribution in [1.82, 2.24) is 0 Å².